The fraction of sp³-hybridized carbons (Fsp3) is 0.318. The summed E-state index contributed by atoms with van der Waals surface area (Å²) < 4.78 is 10.6. The van der Waals surface area contributed by atoms with Crippen molar-refractivity contribution < 1.29 is 130 Å². The maximum atomic E-state index is 13.4. The second kappa shape index (κ2) is 17.8. The predicted octanol–water partition coefficient (Wildman–Crippen LogP) is -2.39. The molecule has 4 aliphatic rings. The Morgan fingerprint density at radius 3 is 1.03 bits per heavy atom. The summed E-state index contributed by atoms with van der Waals surface area (Å²) in [5, 5.41) is 183. The van der Waals surface area contributed by atoms with Crippen LogP contribution in [-0.4, -0.2) is 189 Å². The van der Waals surface area contributed by atoms with Crippen LogP contribution in [0.25, 0.3) is 0 Å². The van der Waals surface area contributed by atoms with Gasteiger partial charge in [0.2, 0.25) is 0 Å². The van der Waals surface area contributed by atoms with Gasteiger partial charge in [0, 0.05) is 22.3 Å². The number of carboxylic acids is 2. The van der Waals surface area contributed by atoms with E-state index in [-0.39, 0.29) is 11.1 Å². The first-order chi connectivity index (χ1) is 32.7. The molecule has 26 nitrogen and oxygen atoms in total. The number of benzene rings is 4. The molecule has 2 fully saturated rings. The van der Waals surface area contributed by atoms with Gasteiger partial charge < -0.3 is 101 Å². The molecule has 0 saturated carbocycles. The zero-order valence-corrected chi connectivity index (χ0v) is 35.7. The van der Waals surface area contributed by atoms with Gasteiger partial charge in [-0.1, -0.05) is 0 Å². The van der Waals surface area contributed by atoms with Gasteiger partial charge in [0.05, 0.1) is 46.6 Å². The quantitative estimate of drug-likeness (QED) is 0.0611. The zero-order valence-electron chi connectivity index (χ0n) is 35.7. The Morgan fingerprint density at radius 2 is 0.743 bits per heavy atom. The summed E-state index contributed by atoms with van der Waals surface area (Å²) in [6.45, 7) is 0.582. The first-order valence-electron chi connectivity index (χ1n) is 20.3. The van der Waals surface area contributed by atoms with E-state index in [1.165, 1.54) is 0 Å². The topological polar surface area (TPSA) is 485 Å². The highest BCUT2D eigenvalue weighted by Gasteiger charge is 2.51. The van der Waals surface area contributed by atoms with Crippen molar-refractivity contribution in [2.45, 2.75) is 74.9 Å². The third-order valence-corrected chi connectivity index (χ3v) is 12.7. The van der Waals surface area contributed by atoms with E-state index < -0.39 is 222 Å². The molecule has 2 aliphatic heterocycles. The first-order valence-corrected chi connectivity index (χ1v) is 20.3. The van der Waals surface area contributed by atoms with E-state index in [2.05, 4.69) is 0 Å². The molecule has 0 bridgehead atoms. The Hall–Kier alpha value is -7.50. The van der Waals surface area contributed by atoms with Crippen LogP contribution in [0.2, 0.25) is 0 Å². The summed E-state index contributed by atoms with van der Waals surface area (Å²) in [4.78, 5) is 76.1. The van der Waals surface area contributed by atoms with Crippen molar-refractivity contribution in [3.05, 3.63) is 90.0 Å². The maximum Gasteiger partial charge on any atom is 0.339 e. The lowest BCUT2D eigenvalue weighted by Gasteiger charge is -2.40. The van der Waals surface area contributed by atoms with Crippen molar-refractivity contribution in [2.75, 3.05) is 13.2 Å². The Morgan fingerprint density at radius 1 is 0.443 bits per heavy atom. The number of aromatic hydroxyl groups is 8. The second-order valence-electron chi connectivity index (χ2n) is 16.5. The molecule has 0 unspecified atom stereocenters. The number of aliphatic hydroxyl groups excluding tert-OH is 8. The van der Waals surface area contributed by atoms with Crippen molar-refractivity contribution in [1.82, 2.24) is 0 Å². The number of fused-ring (bicyclic) bond motifs is 4. The van der Waals surface area contributed by atoms with Crippen LogP contribution < -0.4 is 0 Å². The molecule has 0 spiro atoms. The van der Waals surface area contributed by atoms with Gasteiger partial charge in [0.1, 0.15) is 95.2 Å². The van der Waals surface area contributed by atoms with Gasteiger partial charge >= 0.3 is 11.9 Å². The fourth-order valence-corrected chi connectivity index (χ4v) is 9.17. The normalized spacial score (nSPS) is 25.8. The molecule has 0 amide bonds. The monoisotopic (exact) mass is 984 g/mol. The van der Waals surface area contributed by atoms with Crippen molar-refractivity contribution in [3.63, 3.8) is 0 Å². The van der Waals surface area contributed by atoms with E-state index in [1.807, 2.05) is 0 Å². The summed E-state index contributed by atoms with van der Waals surface area (Å²) >= 11 is 0. The summed E-state index contributed by atoms with van der Waals surface area (Å²) in [5.41, 5.74) is -8.98. The molecule has 2 aliphatic carbocycles. The van der Waals surface area contributed by atoms with Crippen molar-refractivity contribution in [1.29, 1.82) is 0 Å². The largest absolute Gasteiger partial charge is 0.507 e. The highest BCUT2D eigenvalue weighted by atomic mass is 16.6. The molecular formula is C44H40O26. The minimum atomic E-state index is -2.03. The lowest BCUT2D eigenvalue weighted by Crippen LogP contribution is -2.55. The minimum absolute atomic E-state index is 0.308. The number of aliphatic hydroxyl groups is 8. The van der Waals surface area contributed by atoms with E-state index in [0.29, 0.717) is 12.1 Å². The van der Waals surface area contributed by atoms with Crippen LogP contribution in [0.3, 0.4) is 0 Å². The molecule has 18 N–H and O–H groups in total. The number of hydrogen-bond donors (Lipinski definition) is 18. The van der Waals surface area contributed by atoms with Crippen LogP contribution in [0.5, 0.6) is 46.0 Å². The molecule has 8 rings (SSSR count). The summed E-state index contributed by atoms with van der Waals surface area (Å²) in [7, 11) is 0. The maximum absolute atomic E-state index is 13.4. The number of rotatable bonds is 6. The molecule has 26 heteroatoms. The summed E-state index contributed by atoms with van der Waals surface area (Å²) in [6, 6.07) is 1.43. The number of aromatic carboxylic acids is 2. The van der Waals surface area contributed by atoms with E-state index >= 15 is 0 Å². The zero-order chi connectivity index (χ0) is 52.2. The van der Waals surface area contributed by atoms with Crippen molar-refractivity contribution in [3.8, 4) is 46.0 Å². The van der Waals surface area contributed by atoms with E-state index in [1.54, 1.807) is 0 Å². The standard InChI is InChI=1S/2C22H20O13/c2*1-4-8-5(2-6(24)9(4)22(33)34)13(25)10-11(15(8)27)16(28)12(18(30)17(10)29)21-20(32)19(31)14(26)7(3-23)35-21/h2*2,7,14,19-21,23-24,26,28-32H,3H2,1H3,(H,33,34)/t2*7-,14-,19+,20-,21-/m11/s1. The lowest BCUT2D eigenvalue weighted by molar-refractivity contribution is -0.232. The molecule has 4 aromatic rings. The molecule has 2 saturated heterocycles. The van der Waals surface area contributed by atoms with Crippen LogP contribution in [0.15, 0.2) is 12.1 Å². The molecule has 4 aromatic carbocycles. The third kappa shape index (κ3) is 7.20. The van der Waals surface area contributed by atoms with Crippen LogP contribution >= 0.6 is 0 Å². The fourth-order valence-electron chi connectivity index (χ4n) is 9.17. The average Bonchev–Trinajstić information content (AvgIpc) is 3.29. The number of ether oxygens (including phenoxy) is 2. The van der Waals surface area contributed by atoms with Crippen LogP contribution in [0.4, 0.5) is 0 Å². The average molecular weight is 985 g/mol. The van der Waals surface area contributed by atoms with Gasteiger partial charge in [0.15, 0.2) is 46.1 Å². The number of carboxylic acid groups (broad SMARTS) is 2. The van der Waals surface area contributed by atoms with Gasteiger partial charge in [-0.25, -0.2) is 9.59 Å². The molecule has 0 aromatic heterocycles. The summed E-state index contributed by atoms with van der Waals surface area (Å²) in [5.74, 6) is -16.5. The Kier molecular flexibility index (Phi) is 12.8. The van der Waals surface area contributed by atoms with Gasteiger partial charge in [-0.2, -0.15) is 0 Å². The predicted molar refractivity (Wildman–Crippen MR) is 222 cm³/mol. The van der Waals surface area contributed by atoms with Gasteiger partial charge in [0.25, 0.3) is 0 Å². The first kappa shape index (κ1) is 50.4. The number of phenolic OH excluding ortho intramolecular Hbond substituents is 6. The van der Waals surface area contributed by atoms with E-state index in [9.17, 15) is 121 Å². The SMILES string of the molecule is Cc1c(C(=O)O)c(O)cc2c1C(=O)c1c(O)c([C@H]3O[C@H](CO)[C@@H](O)[C@H](O)[C@H]3O)c(O)c(O)c1C2=O.Cc1c(C(=O)O)c(O)cc2c1C(=O)c1c(O)c([C@H]3O[C@H](CO)[C@@H](O)[C@H](O)[C@H]3O)c(O)c(O)c1C2=O. The number of ketones is 4. The number of carbonyl (C=O) groups is 6. The van der Waals surface area contributed by atoms with Gasteiger partial charge in [-0.15, -0.1) is 0 Å². The Balaban J connectivity index is 0.000000206. The van der Waals surface area contributed by atoms with Crippen molar-refractivity contribution >= 4 is 35.1 Å². The van der Waals surface area contributed by atoms with Gasteiger partial charge in [-0.05, 0) is 37.1 Å². The molecule has 10 atom stereocenters. The molecule has 372 valence electrons. The molecule has 70 heavy (non-hydrogen) atoms. The third-order valence-electron chi connectivity index (χ3n) is 12.7. The number of phenols is 8. The molecule has 0 radical (unpaired) electrons. The highest BCUT2D eigenvalue weighted by molar-refractivity contribution is 6.33. The van der Waals surface area contributed by atoms with Crippen LogP contribution in [0.1, 0.15) is 119 Å². The van der Waals surface area contributed by atoms with Crippen molar-refractivity contribution in [2.24, 2.45) is 0 Å². The highest BCUT2D eigenvalue weighted by Crippen LogP contribution is 2.54. The van der Waals surface area contributed by atoms with Crippen LogP contribution in [0, 0.1) is 13.8 Å². The van der Waals surface area contributed by atoms with E-state index in [0.717, 1.165) is 13.8 Å². The number of hydrogen-bond acceptors (Lipinski definition) is 24. The van der Waals surface area contributed by atoms with E-state index in [4.69, 9.17) is 9.47 Å². The minimum Gasteiger partial charge on any atom is -0.507 e. The van der Waals surface area contributed by atoms with Crippen LogP contribution in [-0.2, 0) is 9.47 Å². The smallest absolute Gasteiger partial charge is 0.339 e. The summed E-state index contributed by atoms with van der Waals surface area (Å²) in [6.07, 6.45) is -18.2. The van der Waals surface area contributed by atoms with Gasteiger partial charge in [-0.3, -0.25) is 19.2 Å². The molecular weight excluding hydrogens is 944 g/mol. The second-order valence-corrected chi connectivity index (χ2v) is 16.5. The Bertz CT molecular complexity index is 2790. The lowest BCUT2D eigenvalue weighted by atomic mass is 9.77. The number of carbonyl (C=O) groups excluding carboxylic acids is 4. The Labute approximate surface area is 388 Å². The molecule has 2 heterocycles.